The number of carbonyl (C=O) groups excluding carboxylic acids is 1. The highest BCUT2D eigenvalue weighted by atomic mass is 16.5. The quantitative estimate of drug-likeness (QED) is 0.529. The number of carbonyl (C=O) groups is 1. The number of hydrogen-bond donors (Lipinski definition) is 1. The Kier molecular flexibility index (Phi) is 12.1. The van der Waals surface area contributed by atoms with E-state index in [1.54, 1.807) is 12.4 Å². The third-order valence-electron chi connectivity index (χ3n) is 3.82. The molecule has 23 heavy (non-hydrogen) atoms. The van der Waals surface area contributed by atoms with Gasteiger partial charge in [-0.2, -0.15) is 0 Å². The van der Waals surface area contributed by atoms with E-state index in [0.717, 1.165) is 38.0 Å². The van der Waals surface area contributed by atoms with Gasteiger partial charge in [0, 0.05) is 38.6 Å². The van der Waals surface area contributed by atoms with E-state index in [4.69, 9.17) is 4.74 Å². The van der Waals surface area contributed by atoms with Gasteiger partial charge in [0.25, 0.3) is 0 Å². The van der Waals surface area contributed by atoms with Crippen LogP contribution in [0.3, 0.4) is 0 Å². The van der Waals surface area contributed by atoms with Crippen LogP contribution in [0.15, 0.2) is 24.5 Å². The van der Waals surface area contributed by atoms with Gasteiger partial charge < -0.3 is 10.1 Å². The van der Waals surface area contributed by atoms with Crippen molar-refractivity contribution in [3.8, 4) is 0 Å². The molecule has 1 rings (SSSR count). The Labute approximate surface area is 141 Å². The van der Waals surface area contributed by atoms with E-state index in [1.807, 2.05) is 12.1 Å². The fraction of sp³-hybridized carbons (Fsp3) is 0.684. The number of hydrogen-bond acceptors (Lipinski definition) is 3. The van der Waals surface area contributed by atoms with Gasteiger partial charge in [0.1, 0.15) is 0 Å². The molecule has 0 spiro atoms. The van der Waals surface area contributed by atoms with Crippen molar-refractivity contribution >= 4 is 5.91 Å². The molecular formula is C19H32N2O2. The lowest BCUT2D eigenvalue weighted by atomic mass is 10.1. The molecule has 0 aliphatic heterocycles. The number of nitrogens with zero attached hydrogens (tertiary/aromatic N) is 1. The first-order valence-corrected chi connectivity index (χ1v) is 9.06. The molecule has 4 nitrogen and oxygen atoms in total. The Morgan fingerprint density at radius 1 is 1.04 bits per heavy atom. The van der Waals surface area contributed by atoms with E-state index in [1.165, 1.54) is 32.1 Å². The zero-order chi connectivity index (χ0) is 16.6. The lowest BCUT2D eigenvalue weighted by Gasteiger charge is -2.06. The van der Waals surface area contributed by atoms with Crippen molar-refractivity contribution in [2.75, 3.05) is 19.8 Å². The van der Waals surface area contributed by atoms with Gasteiger partial charge in [0.05, 0.1) is 0 Å². The van der Waals surface area contributed by atoms with Gasteiger partial charge in [-0.25, -0.2) is 0 Å². The summed E-state index contributed by atoms with van der Waals surface area (Å²) in [6.45, 7) is 4.52. The van der Waals surface area contributed by atoms with E-state index in [2.05, 4.69) is 17.2 Å². The minimum atomic E-state index is 0.109. The summed E-state index contributed by atoms with van der Waals surface area (Å²) in [7, 11) is 0. The summed E-state index contributed by atoms with van der Waals surface area (Å²) in [6.07, 6.45) is 13.4. The molecule has 0 saturated carbocycles. The van der Waals surface area contributed by atoms with Crippen molar-refractivity contribution in [2.24, 2.45) is 0 Å². The van der Waals surface area contributed by atoms with Crippen LogP contribution < -0.4 is 5.32 Å². The summed E-state index contributed by atoms with van der Waals surface area (Å²) in [5, 5.41) is 2.94. The summed E-state index contributed by atoms with van der Waals surface area (Å²) in [4.78, 5) is 15.7. The average Bonchev–Trinajstić information content (AvgIpc) is 2.59. The smallest absolute Gasteiger partial charge is 0.220 e. The van der Waals surface area contributed by atoms with Gasteiger partial charge in [-0.05, 0) is 37.0 Å². The highest BCUT2D eigenvalue weighted by Crippen LogP contribution is 2.05. The van der Waals surface area contributed by atoms with Crippen LogP contribution in [-0.2, 0) is 16.0 Å². The van der Waals surface area contributed by atoms with Crippen molar-refractivity contribution < 1.29 is 9.53 Å². The topological polar surface area (TPSA) is 51.2 Å². The van der Waals surface area contributed by atoms with Gasteiger partial charge in [0.2, 0.25) is 5.91 Å². The second-order valence-electron chi connectivity index (χ2n) is 5.94. The Morgan fingerprint density at radius 3 is 2.52 bits per heavy atom. The molecule has 1 aromatic heterocycles. The third-order valence-corrected chi connectivity index (χ3v) is 3.82. The molecule has 1 amide bonds. The lowest BCUT2D eigenvalue weighted by molar-refractivity contribution is -0.121. The second-order valence-corrected chi connectivity index (χ2v) is 5.94. The first-order valence-electron chi connectivity index (χ1n) is 9.06. The molecule has 1 N–H and O–H groups in total. The molecule has 0 fully saturated rings. The Bertz CT molecular complexity index is 396. The first kappa shape index (κ1) is 19.6. The molecule has 0 aliphatic carbocycles. The Hall–Kier alpha value is -1.42. The van der Waals surface area contributed by atoms with E-state index in [-0.39, 0.29) is 5.91 Å². The van der Waals surface area contributed by atoms with Crippen molar-refractivity contribution in [3.05, 3.63) is 30.1 Å². The maximum atomic E-state index is 11.7. The summed E-state index contributed by atoms with van der Waals surface area (Å²) >= 11 is 0. The maximum absolute atomic E-state index is 11.7. The number of amides is 1. The predicted molar refractivity (Wildman–Crippen MR) is 94.4 cm³/mol. The number of aromatic nitrogens is 1. The van der Waals surface area contributed by atoms with Crippen LogP contribution in [-0.4, -0.2) is 30.6 Å². The first-order chi connectivity index (χ1) is 11.3. The molecule has 0 unspecified atom stereocenters. The standard InChI is InChI=1S/C19H32N2O2/c1-2-3-4-5-6-7-16-23-17-8-13-21-19(22)10-9-18-11-14-20-15-12-18/h11-12,14-15H,2-10,13,16-17H2,1H3,(H,21,22). The maximum Gasteiger partial charge on any atom is 0.220 e. The molecular weight excluding hydrogens is 288 g/mol. The zero-order valence-electron chi connectivity index (χ0n) is 14.6. The van der Waals surface area contributed by atoms with Gasteiger partial charge in [0.15, 0.2) is 0 Å². The molecule has 0 aromatic carbocycles. The van der Waals surface area contributed by atoms with E-state index in [9.17, 15) is 4.79 Å². The number of rotatable bonds is 14. The fourth-order valence-corrected chi connectivity index (χ4v) is 2.38. The summed E-state index contributed by atoms with van der Waals surface area (Å²) in [5.41, 5.74) is 1.15. The van der Waals surface area contributed by atoms with Crippen LogP contribution in [0, 0.1) is 0 Å². The highest BCUT2D eigenvalue weighted by Gasteiger charge is 2.01. The van der Waals surface area contributed by atoms with Gasteiger partial charge in [-0.1, -0.05) is 39.0 Å². The van der Waals surface area contributed by atoms with Crippen LogP contribution in [0.4, 0.5) is 0 Å². The summed E-state index contributed by atoms with van der Waals surface area (Å²) < 4.78 is 5.59. The zero-order valence-corrected chi connectivity index (χ0v) is 14.6. The normalized spacial score (nSPS) is 10.7. The molecule has 0 bridgehead atoms. The van der Waals surface area contributed by atoms with Crippen LogP contribution in [0.25, 0.3) is 0 Å². The minimum absolute atomic E-state index is 0.109. The fourth-order valence-electron chi connectivity index (χ4n) is 2.38. The molecule has 4 heteroatoms. The lowest BCUT2D eigenvalue weighted by Crippen LogP contribution is -2.25. The highest BCUT2D eigenvalue weighted by molar-refractivity contribution is 5.76. The SMILES string of the molecule is CCCCCCCCOCCCNC(=O)CCc1ccncc1. The molecule has 130 valence electrons. The third kappa shape index (κ3) is 11.8. The van der Waals surface area contributed by atoms with Crippen LogP contribution in [0.5, 0.6) is 0 Å². The van der Waals surface area contributed by atoms with Crippen LogP contribution >= 0.6 is 0 Å². The molecule has 0 atom stereocenters. The van der Waals surface area contributed by atoms with Crippen molar-refractivity contribution in [1.82, 2.24) is 10.3 Å². The van der Waals surface area contributed by atoms with E-state index >= 15 is 0 Å². The van der Waals surface area contributed by atoms with Crippen LogP contribution in [0.1, 0.15) is 63.9 Å². The molecule has 1 heterocycles. The van der Waals surface area contributed by atoms with Gasteiger partial charge >= 0.3 is 0 Å². The Balaban J connectivity index is 1.84. The van der Waals surface area contributed by atoms with Gasteiger partial charge in [-0.15, -0.1) is 0 Å². The molecule has 0 radical (unpaired) electrons. The molecule has 0 aliphatic rings. The number of pyridine rings is 1. The van der Waals surface area contributed by atoms with E-state index in [0.29, 0.717) is 13.0 Å². The van der Waals surface area contributed by atoms with Crippen molar-refractivity contribution in [2.45, 2.75) is 64.7 Å². The van der Waals surface area contributed by atoms with Crippen molar-refractivity contribution in [1.29, 1.82) is 0 Å². The minimum Gasteiger partial charge on any atom is -0.381 e. The monoisotopic (exact) mass is 320 g/mol. The largest absolute Gasteiger partial charge is 0.381 e. The average molecular weight is 320 g/mol. The van der Waals surface area contributed by atoms with E-state index < -0.39 is 0 Å². The number of unbranched alkanes of at least 4 members (excludes halogenated alkanes) is 5. The second kappa shape index (κ2) is 14.2. The van der Waals surface area contributed by atoms with Gasteiger partial charge in [-0.3, -0.25) is 9.78 Å². The molecule has 1 aromatic rings. The van der Waals surface area contributed by atoms with Crippen molar-refractivity contribution in [3.63, 3.8) is 0 Å². The number of ether oxygens (including phenoxy) is 1. The number of nitrogens with one attached hydrogen (secondary N) is 1. The summed E-state index contributed by atoms with van der Waals surface area (Å²) in [5.74, 6) is 0.109. The summed E-state index contributed by atoms with van der Waals surface area (Å²) in [6, 6.07) is 3.90. The van der Waals surface area contributed by atoms with Crippen LogP contribution in [0.2, 0.25) is 0 Å². The number of aryl methyl sites for hydroxylation is 1. The predicted octanol–water partition coefficient (Wildman–Crippen LogP) is 3.90. The molecule has 0 saturated heterocycles. The Morgan fingerprint density at radius 2 is 1.74 bits per heavy atom.